The number of aromatic carboxylic acids is 1. The first-order valence-corrected chi connectivity index (χ1v) is 7.18. The van der Waals surface area contributed by atoms with E-state index in [1.165, 1.54) is 12.1 Å². The Morgan fingerprint density at radius 1 is 0.958 bits per heavy atom. The maximum Gasteiger partial charge on any atom is 0.336 e. The molecule has 120 valence electrons. The minimum atomic E-state index is -1.13. The fourth-order valence-electron chi connectivity index (χ4n) is 2.27. The highest BCUT2D eigenvalue weighted by molar-refractivity contribution is 6.10. The van der Waals surface area contributed by atoms with Gasteiger partial charge in [-0.15, -0.1) is 10.2 Å². The minimum Gasteiger partial charge on any atom is -0.478 e. The molecule has 1 heterocycles. The number of hydrogen-bond acceptors (Lipinski definition) is 4. The summed E-state index contributed by atoms with van der Waals surface area (Å²) in [6, 6.07) is 13.4. The number of carbonyl (C=O) groups is 2. The zero-order chi connectivity index (χ0) is 16.9. The number of hydrogen-bond donors (Lipinski definition) is 2. The Hall–Kier alpha value is -3.48. The van der Waals surface area contributed by atoms with Crippen molar-refractivity contribution in [3.63, 3.8) is 0 Å². The number of carbonyl (C=O) groups excluding carboxylic acids is 1. The van der Waals surface area contributed by atoms with Crippen LogP contribution in [0.15, 0.2) is 61.2 Å². The van der Waals surface area contributed by atoms with Crippen LogP contribution in [0.2, 0.25) is 0 Å². The number of anilines is 1. The molecule has 0 saturated heterocycles. The van der Waals surface area contributed by atoms with Gasteiger partial charge in [0.15, 0.2) is 0 Å². The molecule has 1 amide bonds. The quantitative estimate of drug-likeness (QED) is 0.751. The standard InChI is InChI=1S/C17H14N4O3/c22-16(14-3-1-2-4-15(14)17(23)24)20-13-7-5-12(6-8-13)9-21-10-18-19-11-21/h1-8,10-11H,9H2,(H,20,22)(H,23,24). The second-order valence-electron chi connectivity index (χ2n) is 5.14. The molecule has 0 saturated carbocycles. The van der Waals surface area contributed by atoms with Crippen LogP contribution in [0.1, 0.15) is 26.3 Å². The summed E-state index contributed by atoms with van der Waals surface area (Å²) >= 11 is 0. The third-order valence-electron chi connectivity index (χ3n) is 3.45. The zero-order valence-corrected chi connectivity index (χ0v) is 12.6. The summed E-state index contributed by atoms with van der Waals surface area (Å²) in [6.45, 7) is 0.628. The molecule has 0 radical (unpaired) electrons. The molecule has 2 aromatic carbocycles. The number of benzene rings is 2. The van der Waals surface area contributed by atoms with Gasteiger partial charge in [-0.05, 0) is 29.8 Å². The van der Waals surface area contributed by atoms with Crippen LogP contribution in [0.5, 0.6) is 0 Å². The Balaban J connectivity index is 1.72. The van der Waals surface area contributed by atoms with Gasteiger partial charge in [-0.1, -0.05) is 24.3 Å². The van der Waals surface area contributed by atoms with Gasteiger partial charge in [0.25, 0.3) is 5.91 Å². The van der Waals surface area contributed by atoms with Crippen molar-refractivity contribution in [1.82, 2.24) is 14.8 Å². The van der Waals surface area contributed by atoms with E-state index in [9.17, 15) is 9.59 Å². The Bertz CT molecular complexity index is 858. The highest BCUT2D eigenvalue weighted by Gasteiger charge is 2.15. The van der Waals surface area contributed by atoms with Crippen LogP contribution in [-0.4, -0.2) is 31.7 Å². The number of nitrogens with zero attached hydrogens (tertiary/aromatic N) is 3. The van der Waals surface area contributed by atoms with Crippen LogP contribution < -0.4 is 5.32 Å². The molecular weight excluding hydrogens is 308 g/mol. The van der Waals surface area contributed by atoms with E-state index in [-0.39, 0.29) is 11.1 Å². The van der Waals surface area contributed by atoms with Gasteiger partial charge in [0.05, 0.1) is 11.1 Å². The lowest BCUT2D eigenvalue weighted by Crippen LogP contribution is -2.16. The first kappa shape index (κ1) is 15.4. The first-order valence-electron chi connectivity index (χ1n) is 7.18. The van der Waals surface area contributed by atoms with Crippen molar-refractivity contribution < 1.29 is 14.7 Å². The van der Waals surface area contributed by atoms with Crippen LogP contribution in [0.4, 0.5) is 5.69 Å². The fourth-order valence-corrected chi connectivity index (χ4v) is 2.27. The van der Waals surface area contributed by atoms with E-state index in [1.807, 2.05) is 16.7 Å². The zero-order valence-electron chi connectivity index (χ0n) is 12.6. The molecule has 0 atom stereocenters. The van der Waals surface area contributed by atoms with Crippen LogP contribution in [0.25, 0.3) is 0 Å². The SMILES string of the molecule is O=C(O)c1ccccc1C(=O)Nc1ccc(Cn2cnnc2)cc1. The number of rotatable bonds is 5. The maximum absolute atomic E-state index is 12.3. The maximum atomic E-state index is 12.3. The number of nitrogens with one attached hydrogen (secondary N) is 1. The highest BCUT2D eigenvalue weighted by atomic mass is 16.4. The average Bonchev–Trinajstić information content (AvgIpc) is 3.09. The molecule has 3 aromatic rings. The first-order chi connectivity index (χ1) is 11.6. The molecule has 0 aliphatic heterocycles. The molecule has 24 heavy (non-hydrogen) atoms. The van der Waals surface area contributed by atoms with E-state index in [0.717, 1.165) is 5.56 Å². The second-order valence-corrected chi connectivity index (χ2v) is 5.14. The van der Waals surface area contributed by atoms with E-state index in [4.69, 9.17) is 5.11 Å². The van der Waals surface area contributed by atoms with Gasteiger partial charge >= 0.3 is 5.97 Å². The molecule has 1 aromatic heterocycles. The summed E-state index contributed by atoms with van der Waals surface area (Å²) < 4.78 is 1.83. The molecule has 0 aliphatic rings. The van der Waals surface area contributed by atoms with Crippen molar-refractivity contribution in [3.8, 4) is 0 Å². The van der Waals surface area contributed by atoms with Crippen LogP contribution in [0, 0.1) is 0 Å². The largest absolute Gasteiger partial charge is 0.478 e. The average molecular weight is 322 g/mol. The van der Waals surface area contributed by atoms with E-state index >= 15 is 0 Å². The predicted molar refractivity (Wildman–Crippen MR) is 86.9 cm³/mol. The van der Waals surface area contributed by atoms with Gasteiger partial charge in [-0.2, -0.15) is 0 Å². The lowest BCUT2D eigenvalue weighted by Gasteiger charge is -2.09. The van der Waals surface area contributed by atoms with E-state index in [1.54, 1.807) is 36.9 Å². The topological polar surface area (TPSA) is 97.1 Å². The smallest absolute Gasteiger partial charge is 0.336 e. The molecule has 0 bridgehead atoms. The summed E-state index contributed by atoms with van der Waals surface area (Å²) in [7, 11) is 0. The van der Waals surface area contributed by atoms with Crippen LogP contribution >= 0.6 is 0 Å². The van der Waals surface area contributed by atoms with Crippen molar-refractivity contribution >= 4 is 17.6 Å². The van der Waals surface area contributed by atoms with Gasteiger partial charge in [0.2, 0.25) is 0 Å². The van der Waals surface area contributed by atoms with Gasteiger partial charge < -0.3 is 15.0 Å². The van der Waals surface area contributed by atoms with Crippen molar-refractivity contribution in [3.05, 3.63) is 77.9 Å². The van der Waals surface area contributed by atoms with Gasteiger partial charge in [0.1, 0.15) is 12.7 Å². The summed E-state index contributed by atoms with van der Waals surface area (Å²) in [5, 5.41) is 19.3. The second kappa shape index (κ2) is 6.74. The third-order valence-corrected chi connectivity index (χ3v) is 3.45. The molecule has 7 nitrogen and oxygen atoms in total. The van der Waals surface area contributed by atoms with Gasteiger partial charge in [-0.3, -0.25) is 4.79 Å². The third kappa shape index (κ3) is 3.46. The molecule has 7 heteroatoms. The molecule has 2 N–H and O–H groups in total. The molecule has 0 unspecified atom stereocenters. The highest BCUT2D eigenvalue weighted by Crippen LogP contribution is 2.14. The van der Waals surface area contributed by atoms with E-state index in [0.29, 0.717) is 12.2 Å². The van der Waals surface area contributed by atoms with E-state index < -0.39 is 11.9 Å². The normalized spacial score (nSPS) is 10.3. The van der Waals surface area contributed by atoms with Crippen LogP contribution in [0.3, 0.4) is 0 Å². The monoisotopic (exact) mass is 322 g/mol. The Morgan fingerprint density at radius 2 is 1.58 bits per heavy atom. The molecule has 0 aliphatic carbocycles. The predicted octanol–water partition coefficient (Wildman–Crippen LogP) is 2.28. The molecular formula is C17H14N4O3. The number of carboxylic acids is 1. The van der Waals surface area contributed by atoms with Gasteiger partial charge in [-0.25, -0.2) is 4.79 Å². The fraction of sp³-hybridized carbons (Fsp3) is 0.0588. The number of aromatic nitrogens is 3. The lowest BCUT2D eigenvalue weighted by molar-refractivity contribution is 0.0692. The summed E-state index contributed by atoms with van der Waals surface area (Å²) in [5.41, 5.74) is 1.71. The Labute approximate surface area is 137 Å². The molecule has 3 rings (SSSR count). The Kier molecular flexibility index (Phi) is 4.33. The molecule has 0 fully saturated rings. The summed E-state index contributed by atoms with van der Waals surface area (Å²) in [5.74, 6) is -1.59. The molecule has 0 spiro atoms. The van der Waals surface area contributed by atoms with Crippen LogP contribution in [-0.2, 0) is 6.54 Å². The summed E-state index contributed by atoms with van der Waals surface area (Å²) in [4.78, 5) is 23.5. The Morgan fingerprint density at radius 3 is 2.21 bits per heavy atom. The van der Waals surface area contributed by atoms with Crippen molar-refractivity contribution in [1.29, 1.82) is 0 Å². The van der Waals surface area contributed by atoms with E-state index in [2.05, 4.69) is 15.5 Å². The van der Waals surface area contributed by atoms with Crippen molar-refractivity contribution in [2.24, 2.45) is 0 Å². The van der Waals surface area contributed by atoms with Crippen molar-refractivity contribution in [2.45, 2.75) is 6.54 Å². The van der Waals surface area contributed by atoms with Gasteiger partial charge in [0, 0.05) is 12.2 Å². The lowest BCUT2D eigenvalue weighted by atomic mass is 10.1. The summed E-state index contributed by atoms with van der Waals surface area (Å²) in [6.07, 6.45) is 3.25. The van der Waals surface area contributed by atoms with Crippen molar-refractivity contribution in [2.75, 3.05) is 5.32 Å². The minimum absolute atomic E-state index is 0.0285. The number of carboxylic acid groups (broad SMARTS) is 1. The number of amides is 1.